The second-order valence-corrected chi connectivity index (χ2v) is 10.2. The highest BCUT2D eigenvalue weighted by atomic mass is 32.1. The molecule has 0 aliphatic carbocycles. The molecule has 1 N–H and O–H groups in total. The van der Waals surface area contributed by atoms with Crippen LogP contribution in [0.5, 0.6) is 11.5 Å². The Balaban J connectivity index is 1.17. The lowest BCUT2D eigenvalue weighted by Gasteiger charge is -2.38. The van der Waals surface area contributed by atoms with Crippen LogP contribution in [0.3, 0.4) is 0 Å². The summed E-state index contributed by atoms with van der Waals surface area (Å²) in [6.07, 6.45) is 2.65. The summed E-state index contributed by atoms with van der Waals surface area (Å²) in [6.45, 7) is 7.57. The van der Waals surface area contributed by atoms with Gasteiger partial charge >= 0.3 is 0 Å². The zero-order chi connectivity index (χ0) is 25.1. The highest BCUT2D eigenvalue weighted by Crippen LogP contribution is 2.34. The van der Waals surface area contributed by atoms with Crippen molar-refractivity contribution in [2.45, 2.75) is 26.2 Å². The van der Waals surface area contributed by atoms with Crippen molar-refractivity contribution in [2.75, 3.05) is 57.9 Å². The first-order valence-corrected chi connectivity index (χ1v) is 13.2. The Kier molecular flexibility index (Phi) is 7.33. The lowest BCUT2D eigenvalue weighted by atomic mass is 9.96. The fraction of sp³-hybridized carbons (Fsp3) is 0.542. The Labute approximate surface area is 213 Å². The van der Waals surface area contributed by atoms with Crippen LogP contribution in [0, 0.1) is 5.92 Å². The molecule has 11 nitrogen and oxygen atoms in total. The highest BCUT2D eigenvalue weighted by molar-refractivity contribution is 7.15. The molecule has 12 heteroatoms. The van der Waals surface area contributed by atoms with E-state index in [1.54, 1.807) is 23.1 Å². The third kappa shape index (κ3) is 5.29. The maximum absolute atomic E-state index is 13.1. The number of benzene rings is 1. The van der Waals surface area contributed by atoms with E-state index in [-0.39, 0.29) is 34.5 Å². The smallest absolute Gasteiger partial charge is 0.286 e. The van der Waals surface area contributed by atoms with Gasteiger partial charge in [-0.3, -0.25) is 19.3 Å². The van der Waals surface area contributed by atoms with Gasteiger partial charge in [0.2, 0.25) is 22.7 Å². The quantitative estimate of drug-likeness (QED) is 0.622. The van der Waals surface area contributed by atoms with Crippen LogP contribution in [0.25, 0.3) is 0 Å². The number of piperidine rings is 1. The van der Waals surface area contributed by atoms with E-state index in [1.807, 2.05) is 4.90 Å². The van der Waals surface area contributed by atoms with Gasteiger partial charge in [-0.15, -0.1) is 10.2 Å². The van der Waals surface area contributed by atoms with Gasteiger partial charge in [-0.2, -0.15) is 0 Å². The molecule has 1 unspecified atom stereocenters. The second kappa shape index (κ2) is 10.8. The van der Waals surface area contributed by atoms with Crippen molar-refractivity contribution in [3.8, 4) is 11.5 Å². The van der Waals surface area contributed by atoms with Crippen molar-refractivity contribution in [1.82, 2.24) is 24.9 Å². The molecule has 2 fully saturated rings. The minimum absolute atomic E-state index is 0.0885. The molecule has 192 valence electrons. The van der Waals surface area contributed by atoms with Gasteiger partial charge in [-0.25, -0.2) is 0 Å². The first kappa shape index (κ1) is 24.4. The number of nitrogens with zero attached hydrogens (tertiary/aromatic N) is 5. The van der Waals surface area contributed by atoms with Crippen molar-refractivity contribution in [3.63, 3.8) is 0 Å². The first-order valence-electron chi connectivity index (χ1n) is 12.4. The van der Waals surface area contributed by atoms with Crippen LogP contribution >= 0.6 is 11.3 Å². The number of anilines is 1. The molecule has 4 heterocycles. The predicted octanol–water partition coefficient (Wildman–Crippen LogP) is 1.93. The third-order valence-corrected chi connectivity index (χ3v) is 7.62. The van der Waals surface area contributed by atoms with Crippen LogP contribution in [-0.4, -0.2) is 95.2 Å². The monoisotopic (exact) mass is 514 g/mol. The fourth-order valence-corrected chi connectivity index (χ4v) is 5.53. The molecule has 36 heavy (non-hydrogen) atoms. The summed E-state index contributed by atoms with van der Waals surface area (Å²) >= 11 is 0.948. The summed E-state index contributed by atoms with van der Waals surface area (Å²) in [4.78, 5) is 44.9. The zero-order valence-corrected chi connectivity index (χ0v) is 21.1. The number of likely N-dealkylation sites (tertiary alicyclic amines) is 1. The van der Waals surface area contributed by atoms with Gasteiger partial charge in [0.1, 0.15) is 0 Å². The molecule has 5 rings (SSSR count). The lowest BCUT2D eigenvalue weighted by molar-refractivity contribution is -0.138. The molecule has 0 bridgehead atoms. The molecule has 1 aromatic carbocycles. The van der Waals surface area contributed by atoms with Gasteiger partial charge < -0.3 is 24.6 Å². The van der Waals surface area contributed by atoms with Crippen LogP contribution in [0.4, 0.5) is 5.69 Å². The normalized spacial score (nSPS) is 19.9. The number of hydrogen-bond donors (Lipinski definition) is 1. The minimum Gasteiger partial charge on any atom is -0.454 e. The highest BCUT2D eigenvalue weighted by Gasteiger charge is 2.34. The number of nitrogens with one attached hydrogen (secondary N) is 1. The Morgan fingerprint density at radius 2 is 1.81 bits per heavy atom. The maximum atomic E-state index is 13.1. The number of fused-ring (bicyclic) bond motifs is 1. The van der Waals surface area contributed by atoms with E-state index in [1.165, 1.54) is 0 Å². The molecule has 1 atom stereocenters. The Hall–Kier alpha value is -3.25. The number of aromatic nitrogens is 2. The summed E-state index contributed by atoms with van der Waals surface area (Å²) < 4.78 is 10.6. The van der Waals surface area contributed by atoms with Crippen molar-refractivity contribution in [3.05, 3.63) is 28.2 Å². The van der Waals surface area contributed by atoms with E-state index in [9.17, 15) is 14.4 Å². The van der Waals surface area contributed by atoms with Gasteiger partial charge in [-0.05, 0) is 37.9 Å². The standard InChI is InChI=1S/C24H30N6O5S/c1-2-7-28-9-11-29(12-10-28)23(32)16-4-3-8-30(14-16)24(33)22-27-26-21(36-22)20(31)25-17-5-6-18-19(13-17)35-15-34-18/h5-6,13,16H,2-4,7-12,14-15H2,1H3,(H,25,31). The number of carbonyl (C=O) groups excluding carboxylic acids is 3. The molecule has 3 amide bonds. The van der Waals surface area contributed by atoms with E-state index in [0.29, 0.717) is 30.3 Å². The van der Waals surface area contributed by atoms with Crippen LogP contribution in [-0.2, 0) is 4.79 Å². The Morgan fingerprint density at radius 3 is 2.61 bits per heavy atom. The van der Waals surface area contributed by atoms with Crippen molar-refractivity contribution in [1.29, 1.82) is 0 Å². The Morgan fingerprint density at radius 1 is 1.03 bits per heavy atom. The van der Waals surface area contributed by atoms with E-state index in [0.717, 1.165) is 63.3 Å². The predicted molar refractivity (Wildman–Crippen MR) is 132 cm³/mol. The summed E-state index contributed by atoms with van der Waals surface area (Å²) in [5.74, 6) is 0.345. The van der Waals surface area contributed by atoms with Crippen molar-refractivity contribution in [2.24, 2.45) is 5.92 Å². The molecular formula is C24H30N6O5S. The molecular weight excluding hydrogens is 484 g/mol. The average Bonchev–Trinajstić information content (AvgIpc) is 3.58. The molecule has 2 saturated heterocycles. The molecule has 0 spiro atoms. The van der Waals surface area contributed by atoms with Crippen molar-refractivity contribution < 1.29 is 23.9 Å². The first-order chi connectivity index (χ1) is 17.5. The van der Waals surface area contributed by atoms with Crippen LogP contribution < -0.4 is 14.8 Å². The fourth-order valence-electron chi connectivity index (χ4n) is 4.82. The maximum Gasteiger partial charge on any atom is 0.286 e. The topological polar surface area (TPSA) is 117 Å². The lowest BCUT2D eigenvalue weighted by Crippen LogP contribution is -2.53. The SMILES string of the molecule is CCCN1CCN(C(=O)C2CCCN(C(=O)c3nnc(C(=O)Nc4ccc5c(c4)OCO5)s3)C2)CC1. The number of carbonyl (C=O) groups is 3. The van der Waals surface area contributed by atoms with E-state index in [4.69, 9.17) is 9.47 Å². The molecule has 3 aliphatic rings. The Bertz CT molecular complexity index is 1130. The van der Waals surface area contributed by atoms with Gasteiger partial charge in [-0.1, -0.05) is 18.3 Å². The van der Waals surface area contributed by atoms with Crippen LogP contribution in [0.1, 0.15) is 45.8 Å². The number of hydrogen-bond acceptors (Lipinski definition) is 9. The van der Waals surface area contributed by atoms with Gasteiger partial charge in [0, 0.05) is 51.0 Å². The van der Waals surface area contributed by atoms with Crippen molar-refractivity contribution >= 4 is 34.7 Å². The number of ether oxygens (including phenoxy) is 2. The molecule has 1 aromatic heterocycles. The molecule has 2 aromatic rings. The zero-order valence-electron chi connectivity index (χ0n) is 20.3. The van der Waals surface area contributed by atoms with E-state index >= 15 is 0 Å². The summed E-state index contributed by atoms with van der Waals surface area (Å²) in [5.41, 5.74) is 0.528. The van der Waals surface area contributed by atoms with E-state index < -0.39 is 5.91 Å². The number of amides is 3. The minimum atomic E-state index is -0.459. The number of rotatable bonds is 6. The van der Waals surface area contributed by atoms with Gasteiger partial charge in [0.15, 0.2) is 11.5 Å². The largest absolute Gasteiger partial charge is 0.454 e. The summed E-state index contributed by atoms with van der Waals surface area (Å²) in [6, 6.07) is 5.08. The summed E-state index contributed by atoms with van der Waals surface area (Å²) in [7, 11) is 0. The molecule has 3 aliphatic heterocycles. The van der Waals surface area contributed by atoms with Crippen LogP contribution in [0.2, 0.25) is 0 Å². The molecule has 0 radical (unpaired) electrons. The summed E-state index contributed by atoms with van der Waals surface area (Å²) in [5, 5.41) is 10.9. The molecule has 0 saturated carbocycles. The van der Waals surface area contributed by atoms with Gasteiger partial charge in [0.05, 0.1) is 5.92 Å². The average molecular weight is 515 g/mol. The number of piperazine rings is 1. The third-order valence-electron chi connectivity index (χ3n) is 6.71. The van der Waals surface area contributed by atoms with Crippen LogP contribution in [0.15, 0.2) is 18.2 Å². The van der Waals surface area contributed by atoms with E-state index in [2.05, 4.69) is 27.3 Å². The second-order valence-electron chi connectivity index (χ2n) is 9.19. The van der Waals surface area contributed by atoms with Gasteiger partial charge in [0.25, 0.3) is 11.8 Å².